The minimum absolute atomic E-state index is 0.533. The molecular weight excluding hydrogens is 739 g/mol. The molecule has 1 fully saturated rings. The van der Waals surface area contributed by atoms with Gasteiger partial charge in [-0.2, -0.15) is 0 Å². The maximum Gasteiger partial charge on any atom is 0.137 e. The first-order valence-corrected chi connectivity index (χ1v) is 22.0. The van der Waals surface area contributed by atoms with Crippen LogP contribution in [-0.4, -0.2) is 0 Å². The molecule has 61 heavy (non-hydrogen) atoms. The fourth-order valence-electron chi connectivity index (χ4n) is 11.2. The Kier molecular flexibility index (Phi) is 8.52. The van der Waals surface area contributed by atoms with E-state index in [0.717, 1.165) is 39.0 Å². The Morgan fingerprint density at radius 1 is 0.426 bits per heavy atom. The Balaban J connectivity index is 1.17. The number of furan rings is 1. The molecule has 292 valence electrons. The number of rotatable bonds is 7. The third-order valence-electron chi connectivity index (χ3n) is 13.7. The average molecular weight is 784 g/mol. The van der Waals surface area contributed by atoms with Gasteiger partial charge in [-0.3, -0.25) is 0 Å². The Morgan fingerprint density at radius 2 is 1.03 bits per heavy atom. The van der Waals surface area contributed by atoms with Crippen LogP contribution in [0.15, 0.2) is 211 Å². The van der Waals surface area contributed by atoms with Crippen LogP contribution >= 0.6 is 0 Å². The first-order chi connectivity index (χ1) is 30.3. The van der Waals surface area contributed by atoms with Crippen molar-refractivity contribution in [3.05, 3.63) is 234 Å². The van der Waals surface area contributed by atoms with Crippen molar-refractivity contribution < 1.29 is 4.42 Å². The van der Waals surface area contributed by atoms with Gasteiger partial charge in [-0.25, -0.2) is 0 Å². The van der Waals surface area contributed by atoms with E-state index in [9.17, 15) is 0 Å². The molecule has 0 N–H and O–H groups in total. The molecule has 0 radical (unpaired) electrons. The van der Waals surface area contributed by atoms with Gasteiger partial charge in [-0.15, -0.1) is 0 Å². The van der Waals surface area contributed by atoms with Crippen LogP contribution in [0, 0.1) is 0 Å². The minimum atomic E-state index is -0.533. The number of hydrogen-bond acceptors (Lipinski definition) is 2. The van der Waals surface area contributed by atoms with E-state index >= 15 is 0 Å². The van der Waals surface area contributed by atoms with Crippen LogP contribution in [0.3, 0.4) is 0 Å². The van der Waals surface area contributed by atoms with Gasteiger partial charge in [-0.05, 0) is 110 Å². The molecule has 2 aliphatic carbocycles. The van der Waals surface area contributed by atoms with E-state index in [0.29, 0.717) is 5.92 Å². The fraction of sp³-hybridized carbons (Fsp3) is 0.119. The van der Waals surface area contributed by atoms with Crippen molar-refractivity contribution in [1.82, 2.24) is 0 Å². The minimum Gasteiger partial charge on any atom is -0.456 e. The number of hydrogen-bond donors (Lipinski definition) is 0. The molecule has 1 heterocycles. The second-order valence-corrected chi connectivity index (χ2v) is 16.9. The van der Waals surface area contributed by atoms with E-state index in [4.69, 9.17) is 4.42 Å². The molecule has 2 nitrogen and oxygen atoms in total. The summed E-state index contributed by atoms with van der Waals surface area (Å²) in [5.41, 5.74) is 16.2. The molecule has 0 bridgehead atoms. The van der Waals surface area contributed by atoms with Gasteiger partial charge >= 0.3 is 0 Å². The zero-order chi connectivity index (χ0) is 40.3. The normalized spacial score (nSPS) is 14.6. The van der Waals surface area contributed by atoms with E-state index in [1.165, 1.54) is 92.9 Å². The lowest BCUT2D eigenvalue weighted by atomic mass is 9.67. The van der Waals surface area contributed by atoms with E-state index in [-0.39, 0.29) is 0 Å². The standard InChI is InChI=1S/C59H45NO/c1-4-19-40(20-5-1)45-30-16-21-41-22-17-31-49(57(41)45)48-28-11-14-33-53(48)60(54-34-18-36-56-58(54)50-29-12-15-35-55(50)61-56)44-37-38-47-46-27-10-13-32-51(46)59(52(47)39-44,42-23-6-2-7-24-42)43-25-8-3-9-26-43/h2-3,6-18,21-40H,1,4-5,19-20H2. The van der Waals surface area contributed by atoms with Crippen molar-refractivity contribution in [2.45, 2.75) is 43.4 Å². The summed E-state index contributed by atoms with van der Waals surface area (Å²) in [6.45, 7) is 0. The molecule has 0 amide bonds. The fourth-order valence-corrected chi connectivity index (χ4v) is 11.2. The molecule has 1 saturated carbocycles. The molecular formula is C59H45NO. The Hall–Kier alpha value is -7.16. The van der Waals surface area contributed by atoms with E-state index in [2.05, 4.69) is 211 Å². The highest BCUT2D eigenvalue weighted by atomic mass is 16.3. The maximum absolute atomic E-state index is 6.61. The average Bonchev–Trinajstić information content (AvgIpc) is 3.86. The van der Waals surface area contributed by atoms with Gasteiger partial charge in [-0.1, -0.05) is 189 Å². The zero-order valence-electron chi connectivity index (χ0n) is 34.1. The summed E-state index contributed by atoms with van der Waals surface area (Å²) in [7, 11) is 0. The molecule has 0 spiro atoms. The summed E-state index contributed by atoms with van der Waals surface area (Å²) < 4.78 is 6.61. The molecule has 10 aromatic rings. The van der Waals surface area contributed by atoms with Gasteiger partial charge < -0.3 is 9.32 Å². The lowest BCUT2D eigenvalue weighted by Crippen LogP contribution is -2.28. The highest BCUT2D eigenvalue weighted by Crippen LogP contribution is 2.58. The second kappa shape index (κ2) is 14.5. The monoisotopic (exact) mass is 783 g/mol. The summed E-state index contributed by atoms with van der Waals surface area (Å²) in [6.07, 6.45) is 6.43. The van der Waals surface area contributed by atoms with Crippen LogP contribution in [0.5, 0.6) is 0 Å². The van der Waals surface area contributed by atoms with Gasteiger partial charge in [0.1, 0.15) is 11.2 Å². The second-order valence-electron chi connectivity index (χ2n) is 16.9. The Bertz CT molecular complexity index is 3200. The summed E-state index contributed by atoms with van der Waals surface area (Å²) in [4.78, 5) is 2.52. The number of fused-ring (bicyclic) bond motifs is 7. The van der Waals surface area contributed by atoms with Gasteiger partial charge in [0.25, 0.3) is 0 Å². The number of anilines is 3. The van der Waals surface area contributed by atoms with Gasteiger partial charge in [0.2, 0.25) is 0 Å². The first kappa shape index (κ1) is 35.8. The SMILES string of the molecule is c1ccc(C2(c3ccccc3)c3ccccc3-c3ccc(N(c4ccccc4-c4cccc5cccc(C6CCCCC6)c45)c4cccc5oc6ccccc6c45)cc32)cc1. The quantitative estimate of drug-likeness (QED) is 0.160. The van der Waals surface area contributed by atoms with E-state index in [1.807, 2.05) is 0 Å². The zero-order valence-corrected chi connectivity index (χ0v) is 34.1. The van der Waals surface area contributed by atoms with Crippen molar-refractivity contribution >= 4 is 49.8 Å². The van der Waals surface area contributed by atoms with Gasteiger partial charge in [0.15, 0.2) is 0 Å². The Labute approximate surface area is 357 Å². The molecule has 0 saturated heterocycles. The lowest BCUT2D eigenvalue weighted by Gasteiger charge is -2.35. The summed E-state index contributed by atoms with van der Waals surface area (Å²) in [5.74, 6) is 0.565. The molecule has 0 unspecified atom stereocenters. The Morgan fingerprint density at radius 3 is 1.84 bits per heavy atom. The van der Waals surface area contributed by atoms with E-state index in [1.54, 1.807) is 0 Å². The molecule has 1 aromatic heterocycles. The molecule has 0 atom stereocenters. The number of para-hydroxylation sites is 2. The molecule has 0 aliphatic heterocycles. The van der Waals surface area contributed by atoms with Gasteiger partial charge in [0, 0.05) is 16.6 Å². The highest BCUT2D eigenvalue weighted by molar-refractivity contribution is 6.14. The predicted molar refractivity (Wildman–Crippen MR) is 254 cm³/mol. The summed E-state index contributed by atoms with van der Waals surface area (Å²) in [5, 5.41) is 4.90. The number of nitrogens with zero attached hydrogens (tertiary/aromatic N) is 1. The van der Waals surface area contributed by atoms with Crippen molar-refractivity contribution in [3.8, 4) is 22.3 Å². The largest absolute Gasteiger partial charge is 0.456 e. The van der Waals surface area contributed by atoms with Crippen LogP contribution in [0.25, 0.3) is 55.0 Å². The smallest absolute Gasteiger partial charge is 0.137 e. The molecule has 9 aromatic carbocycles. The van der Waals surface area contributed by atoms with Crippen LogP contribution in [0.4, 0.5) is 17.1 Å². The van der Waals surface area contributed by atoms with Crippen LogP contribution < -0.4 is 4.90 Å². The number of benzene rings is 9. The van der Waals surface area contributed by atoms with Crippen molar-refractivity contribution in [2.24, 2.45) is 0 Å². The van der Waals surface area contributed by atoms with Crippen molar-refractivity contribution in [1.29, 1.82) is 0 Å². The highest BCUT2D eigenvalue weighted by Gasteiger charge is 2.46. The summed E-state index contributed by atoms with van der Waals surface area (Å²) >= 11 is 0. The lowest BCUT2D eigenvalue weighted by molar-refractivity contribution is 0.445. The molecule has 2 aliphatic rings. The predicted octanol–water partition coefficient (Wildman–Crippen LogP) is 16.3. The first-order valence-electron chi connectivity index (χ1n) is 22.0. The van der Waals surface area contributed by atoms with Gasteiger partial charge in [0.05, 0.1) is 22.2 Å². The summed E-state index contributed by atoms with van der Waals surface area (Å²) in [6, 6.07) is 76.4. The van der Waals surface area contributed by atoms with E-state index < -0.39 is 5.41 Å². The molecule has 2 heteroatoms. The van der Waals surface area contributed by atoms with Crippen LogP contribution in [0.1, 0.15) is 65.8 Å². The van der Waals surface area contributed by atoms with Crippen molar-refractivity contribution in [3.63, 3.8) is 0 Å². The third kappa shape index (κ3) is 5.55. The van der Waals surface area contributed by atoms with Crippen LogP contribution in [0.2, 0.25) is 0 Å². The van der Waals surface area contributed by atoms with Crippen LogP contribution in [-0.2, 0) is 5.41 Å². The molecule has 12 rings (SSSR count). The third-order valence-corrected chi connectivity index (χ3v) is 13.7. The maximum atomic E-state index is 6.61. The topological polar surface area (TPSA) is 16.4 Å². The van der Waals surface area contributed by atoms with Crippen molar-refractivity contribution in [2.75, 3.05) is 4.90 Å².